The molecule has 1 fully saturated rings. The van der Waals surface area contributed by atoms with Gasteiger partial charge in [-0.3, -0.25) is 9.59 Å². The number of likely N-dealkylation sites (tertiary alicyclic amines) is 1. The summed E-state index contributed by atoms with van der Waals surface area (Å²) in [7, 11) is 1.55. The zero-order chi connectivity index (χ0) is 34.0. The van der Waals surface area contributed by atoms with Crippen molar-refractivity contribution >= 4 is 17.4 Å². The van der Waals surface area contributed by atoms with E-state index >= 15 is 0 Å². The van der Waals surface area contributed by atoms with Crippen LogP contribution in [0.3, 0.4) is 0 Å². The molecule has 4 aromatic carbocycles. The molecule has 1 unspecified atom stereocenters. The van der Waals surface area contributed by atoms with Crippen molar-refractivity contribution < 1.29 is 28.9 Å². The fraction of sp³-hybridized carbons (Fsp3) is 0.300. The van der Waals surface area contributed by atoms with Gasteiger partial charge < -0.3 is 29.1 Å². The van der Waals surface area contributed by atoms with Crippen LogP contribution >= 0.6 is 0 Å². The van der Waals surface area contributed by atoms with Gasteiger partial charge in [0.05, 0.1) is 18.7 Å². The second kappa shape index (κ2) is 16.2. The molecule has 1 aliphatic rings. The van der Waals surface area contributed by atoms with Gasteiger partial charge in [-0.05, 0) is 86.1 Å². The number of aryl methyl sites for hydroxylation is 1. The van der Waals surface area contributed by atoms with Crippen LogP contribution in [-0.2, 0) is 22.8 Å². The van der Waals surface area contributed by atoms with Crippen LogP contribution < -0.4 is 14.2 Å². The molecule has 0 aliphatic carbocycles. The quantitative estimate of drug-likeness (QED) is 0.0821. The second-order valence-electron chi connectivity index (χ2n) is 11.9. The van der Waals surface area contributed by atoms with Crippen molar-refractivity contribution in [2.45, 2.75) is 46.4 Å². The Balaban J connectivity index is 1.44. The van der Waals surface area contributed by atoms with Gasteiger partial charge in [0.25, 0.3) is 11.7 Å². The molecule has 1 atom stereocenters. The van der Waals surface area contributed by atoms with Crippen molar-refractivity contribution in [3.63, 3.8) is 0 Å². The summed E-state index contributed by atoms with van der Waals surface area (Å²) >= 11 is 0. The van der Waals surface area contributed by atoms with Crippen LogP contribution in [0.4, 0.5) is 0 Å². The van der Waals surface area contributed by atoms with Crippen molar-refractivity contribution in [3.05, 3.63) is 130 Å². The Morgan fingerprint density at radius 2 is 1.48 bits per heavy atom. The molecule has 0 bridgehead atoms. The van der Waals surface area contributed by atoms with E-state index in [9.17, 15) is 14.7 Å². The van der Waals surface area contributed by atoms with Gasteiger partial charge in [0.15, 0.2) is 11.5 Å². The Morgan fingerprint density at radius 1 is 0.812 bits per heavy atom. The number of ether oxygens (including phenoxy) is 3. The van der Waals surface area contributed by atoms with Crippen LogP contribution in [0, 0.1) is 6.92 Å². The predicted molar refractivity (Wildman–Crippen MR) is 187 cm³/mol. The maximum atomic E-state index is 13.7. The van der Waals surface area contributed by atoms with Crippen LogP contribution in [0.15, 0.2) is 103 Å². The highest BCUT2D eigenvalue weighted by atomic mass is 16.5. The van der Waals surface area contributed by atoms with Gasteiger partial charge in [0, 0.05) is 12.1 Å². The number of hydrogen-bond donors (Lipinski definition) is 1. The Hall–Kier alpha value is -5.08. The number of aliphatic hydroxyl groups is 1. The molecular weight excluding hydrogens is 604 g/mol. The van der Waals surface area contributed by atoms with Gasteiger partial charge in [0.1, 0.15) is 24.7 Å². The first-order chi connectivity index (χ1) is 23.3. The van der Waals surface area contributed by atoms with E-state index in [1.165, 1.54) is 5.56 Å². The largest absolute Gasteiger partial charge is 0.507 e. The van der Waals surface area contributed by atoms with E-state index < -0.39 is 17.7 Å². The highest BCUT2D eigenvalue weighted by molar-refractivity contribution is 6.46. The smallest absolute Gasteiger partial charge is 0.295 e. The number of rotatable bonds is 15. The van der Waals surface area contributed by atoms with Crippen molar-refractivity contribution in [2.24, 2.45) is 0 Å². The first-order valence-electron chi connectivity index (χ1n) is 16.5. The second-order valence-corrected chi connectivity index (χ2v) is 11.9. The van der Waals surface area contributed by atoms with E-state index in [4.69, 9.17) is 14.2 Å². The zero-order valence-corrected chi connectivity index (χ0v) is 28.1. The SMILES string of the molecule is CCN(CC)CCCN1C(=O)C(=O)/C(=C(/O)c2ccc(OCc3ccc(C)cc3)cc2)C1c1ccc(OCc2ccccc2)c(OC)c1. The molecule has 0 aromatic heterocycles. The van der Waals surface area contributed by atoms with Crippen molar-refractivity contribution in [2.75, 3.05) is 33.3 Å². The Morgan fingerprint density at radius 3 is 2.15 bits per heavy atom. The molecule has 0 radical (unpaired) electrons. The molecule has 250 valence electrons. The lowest BCUT2D eigenvalue weighted by atomic mass is 9.95. The molecule has 48 heavy (non-hydrogen) atoms. The van der Waals surface area contributed by atoms with Gasteiger partial charge in [0.2, 0.25) is 0 Å². The van der Waals surface area contributed by atoms with Crippen molar-refractivity contribution in [3.8, 4) is 17.2 Å². The number of carbonyl (C=O) groups is 2. The van der Waals surface area contributed by atoms with E-state index in [0.717, 1.165) is 30.8 Å². The lowest BCUT2D eigenvalue weighted by molar-refractivity contribution is -0.140. The minimum atomic E-state index is -0.809. The summed E-state index contributed by atoms with van der Waals surface area (Å²) < 4.78 is 17.7. The minimum Gasteiger partial charge on any atom is -0.507 e. The van der Waals surface area contributed by atoms with Crippen molar-refractivity contribution in [1.82, 2.24) is 9.80 Å². The fourth-order valence-electron chi connectivity index (χ4n) is 5.89. The molecule has 1 amide bonds. The standard InChI is InChI=1S/C40H44N2O6/c1-5-41(6-2)23-10-24-42-37(32-19-22-34(35(25-32)46-4)48-27-29-11-8-7-9-12-29)36(39(44)40(42)45)38(43)31-17-20-33(21-18-31)47-26-30-15-13-28(3)14-16-30/h7-9,11-22,25,37,43H,5-6,10,23-24,26-27H2,1-4H3/b38-36+. The highest BCUT2D eigenvalue weighted by Crippen LogP contribution is 2.42. The molecule has 8 nitrogen and oxygen atoms in total. The van der Waals surface area contributed by atoms with Gasteiger partial charge in [-0.25, -0.2) is 0 Å². The van der Waals surface area contributed by atoms with Gasteiger partial charge in [-0.1, -0.05) is 80.1 Å². The summed E-state index contributed by atoms with van der Waals surface area (Å²) in [5.41, 5.74) is 4.32. The third-order valence-corrected chi connectivity index (χ3v) is 8.70. The number of methoxy groups -OCH3 is 1. The molecule has 1 heterocycles. The number of nitrogens with zero attached hydrogens (tertiary/aromatic N) is 2. The van der Waals surface area contributed by atoms with Crippen LogP contribution in [0.2, 0.25) is 0 Å². The number of ketones is 1. The zero-order valence-electron chi connectivity index (χ0n) is 28.1. The third kappa shape index (κ3) is 8.06. The summed E-state index contributed by atoms with van der Waals surface area (Å²) in [4.78, 5) is 31.1. The molecule has 1 N–H and O–H groups in total. The molecule has 8 heteroatoms. The lowest BCUT2D eigenvalue weighted by Gasteiger charge is -2.27. The molecule has 5 rings (SSSR count). The monoisotopic (exact) mass is 648 g/mol. The molecule has 4 aromatic rings. The van der Waals surface area contributed by atoms with Gasteiger partial charge in [-0.2, -0.15) is 0 Å². The molecule has 0 spiro atoms. The van der Waals surface area contributed by atoms with E-state index in [0.29, 0.717) is 54.6 Å². The first kappa shape index (κ1) is 34.3. The Labute approximate surface area is 283 Å². The minimum absolute atomic E-state index is 0.0381. The van der Waals surface area contributed by atoms with Crippen LogP contribution in [0.5, 0.6) is 17.2 Å². The predicted octanol–water partition coefficient (Wildman–Crippen LogP) is 7.32. The highest BCUT2D eigenvalue weighted by Gasteiger charge is 2.46. The lowest BCUT2D eigenvalue weighted by Crippen LogP contribution is -2.33. The van der Waals surface area contributed by atoms with Crippen LogP contribution in [0.1, 0.15) is 54.1 Å². The van der Waals surface area contributed by atoms with E-state index in [1.807, 2.05) is 67.6 Å². The maximum absolute atomic E-state index is 13.7. The number of aliphatic hydroxyl groups excluding tert-OH is 1. The van der Waals surface area contributed by atoms with Crippen molar-refractivity contribution in [1.29, 1.82) is 0 Å². The normalized spacial score (nSPS) is 15.6. The number of hydrogen-bond acceptors (Lipinski definition) is 7. The number of carbonyl (C=O) groups excluding carboxylic acids is 2. The summed E-state index contributed by atoms with van der Waals surface area (Å²) in [5, 5.41) is 11.6. The summed E-state index contributed by atoms with van der Waals surface area (Å²) in [5.74, 6) is 0.0254. The van der Waals surface area contributed by atoms with E-state index in [-0.39, 0.29) is 11.3 Å². The molecule has 0 saturated carbocycles. The van der Waals surface area contributed by atoms with Crippen LogP contribution in [0.25, 0.3) is 5.76 Å². The maximum Gasteiger partial charge on any atom is 0.295 e. The van der Waals surface area contributed by atoms with E-state index in [1.54, 1.807) is 48.4 Å². The molecule has 1 aliphatic heterocycles. The Bertz CT molecular complexity index is 1710. The summed E-state index contributed by atoms with van der Waals surface area (Å²) in [6.07, 6.45) is 0.674. The first-order valence-corrected chi connectivity index (χ1v) is 16.5. The van der Waals surface area contributed by atoms with E-state index in [2.05, 4.69) is 18.7 Å². The fourth-order valence-corrected chi connectivity index (χ4v) is 5.89. The van der Waals surface area contributed by atoms with Gasteiger partial charge in [-0.15, -0.1) is 0 Å². The Kier molecular flexibility index (Phi) is 11.5. The summed E-state index contributed by atoms with van der Waals surface area (Å²) in [6.45, 7) is 9.91. The summed E-state index contributed by atoms with van der Waals surface area (Å²) in [6, 6.07) is 29.4. The average molecular weight is 649 g/mol. The van der Waals surface area contributed by atoms with Gasteiger partial charge >= 0.3 is 0 Å². The molecule has 1 saturated heterocycles. The average Bonchev–Trinajstić information content (AvgIpc) is 3.37. The number of Topliss-reactive ketones (excluding diaryl/α,β-unsaturated/α-hetero) is 1. The molecular formula is C40H44N2O6. The third-order valence-electron chi connectivity index (χ3n) is 8.70. The topological polar surface area (TPSA) is 88.5 Å². The van der Waals surface area contributed by atoms with Crippen LogP contribution in [-0.4, -0.2) is 59.9 Å². The number of benzene rings is 4. The number of amides is 1.